The normalized spacial score (nSPS) is 13.2. The Morgan fingerprint density at radius 1 is 1.35 bits per heavy atom. The summed E-state index contributed by atoms with van der Waals surface area (Å²) in [7, 11) is 0. The number of nitrogens with one attached hydrogen (secondary N) is 1. The number of nitrogens with two attached hydrogens (primary N) is 1. The van der Waals surface area contributed by atoms with Gasteiger partial charge in [-0.3, -0.25) is 0 Å². The summed E-state index contributed by atoms with van der Waals surface area (Å²) in [5.74, 6) is 0.581. The van der Waals surface area contributed by atoms with Gasteiger partial charge in [0.25, 0.3) is 0 Å². The van der Waals surface area contributed by atoms with E-state index < -0.39 is 6.10 Å². The predicted octanol–water partition coefficient (Wildman–Crippen LogP) is 4.31. The lowest BCUT2D eigenvalue weighted by Crippen LogP contribution is -2.01. The van der Waals surface area contributed by atoms with E-state index >= 15 is 0 Å². The van der Waals surface area contributed by atoms with E-state index in [0.29, 0.717) is 22.0 Å². The molecule has 5 nitrogen and oxygen atoms in total. The second-order valence-corrected chi connectivity index (χ2v) is 6.83. The summed E-state index contributed by atoms with van der Waals surface area (Å²) < 4.78 is 0. The molecule has 0 aliphatic rings. The Morgan fingerprint density at radius 3 is 2.81 bits per heavy atom. The molecule has 2 heterocycles. The van der Waals surface area contributed by atoms with Crippen molar-refractivity contribution >= 4 is 28.5 Å². The highest BCUT2D eigenvalue weighted by atomic mass is 35.5. The smallest absolute Gasteiger partial charge is 0.171 e. The van der Waals surface area contributed by atoms with Gasteiger partial charge in [0.2, 0.25) is 0 Å². The first kappa shape index (κ1) is 18.1. The van der Waals surface area contributed by atoms with Crippen LogP contribution in [0.2, 0.25) is 5.02 Å². The first-order valence-electron chi connectivity index (χ1n) is 7.79. The topological polar surface area (TPSA) is 87.8 Å². The number of aromatic amines is 1. The molecule has 0 spiro atoms. The lowest BCUT2D eigenvalue weighted by atomic mass is 10.0. The maximum absolute atomic E-state index is 11.0. The number of hydrogen-bond donors (Lipinski definition) is 3. The molecular formula is C19H17ClN4OS. The summed E-state index contributed by atoms with van der Waals surface area (Å²) in [5, 5.41) is 19.4. The van der Waals surface area contributed by atoms with Crippen molar-refractivity contribution in [3.8, 4) is 10.7 Å². The van der Waals surface area contributed by atoms with Crippen molar-refractivity contribution in [1.82, 2.24) is 15.2 Å². The van der Waals surface area contributed by atoms with Gasteiger partial charge in [-0.05, 0) is 30.0 Å². The number of thiophene rings is 1. The van der Waals surface area contributed by atoms with Crippen molar-refractivity contribution in [3.63, 3.8) is 0 Å². The number of nitrogens with zero attached hydrogens (tertiary/aromatic N) is 2. The van der Waals surface area contributed by atoms with Crippen molar-refractivity contribution in [2.24, 2.45) is 5.73 Å². The first-order valence-corrected chi connectivity index (χ1v) is 8.99. The second-order valence-electron chi connectivity index (χ2n) is 5.37. The summed E-state index contributed by atoms with van der Waals surface area (Å²) in [6.07, 6.45) is 7.39. The number of halogens is 1. The molecule has 1 unspecified atom stereocenters. The molecule has 0 saturated carbocycles. The van der Waals surface area contributed by atoms with E-state index in [4.69, 9.17) is 17.3 Å². The molecular weight excluding hydrogens is 368 g/mol. The molecule has 0 radical (unpaired) electrons. The van der Waals surface area contributed by atoms with Crippen molar-refractivity contribution in [3.05, 3.63) is 88.7 Å². The van der Waals surface area contributed by atoms with Gasteiger partial charge in [0, 0.05) is 21.0 Å². The lowest BCUT2D eigenvalue weighted by Gasteiger charge is -2.12. The molecule has 0 aliphatic carbocycles. The first-order chi connectivity index (χ1) is 12.7. The monoisotopic (exact) mass is 384 g/mol. The standard InChI is InChI=1S/C19H17ClN4OS/c1-2-5-12(8-9-21)16-10-14(18(26-16)19-22-11-23-24-19)17(25)13-6-3-4-7-15(13)20/h2-11,17,25H,1,21H2,(H,22,23,24)/b9-8-,12-5+. The van der Waals surface area contributed by atoms with Crippen LogP contribution in [0.25, 0.3) is 16.3 Å². The van der Waals surface area contributed by atoms with E-state index in [-0.39, 0.29) is 0 Å². The molecule has 1 aromatic carbocycles. The fourth-order valence-electron chi connectivity index (χ4n) is 2.57. The fourth-order valence-corrected chi connectivity index (χ4v) is 3.95. The van der Waals surface area contributed by atoms with Crippen LogP contribution in [0.4, 0.5) is 0 Å². The van der Waals surface area contributed by atoms with E-state index in [2.05, 4.69) is 21.8 Å². The van der Waals surface area contributed by atoms with E-state index in [0.717, 1.165) is 15.3 Å². The van der Waals surface area contributed by atoms with Crippen molar-refractivity contribution in [1.29, 1.82) is 0 Å². The zero-order chi connectivity index (χ0) is 18.5. The third-order valence-corrected chi connectivity index (χ3v) is 5.30. The van der Waals surface area contributed by atoms with Crippen LogP contribution >= 0.6 is 22.9 Å². The molecule has 3 aromatic rings. The van der Waals surface area contributed by atoms with Gasteiger partial charge in [-0.2, -0.15) is 0 Å². The number of hydrogen-bond acceptors (Lipinski definition) is 5. The third-order valence-electron chi connectivity index (χ3n) is 3.74. The lowest BCUT2D eigenvalue weighted by molar-refractivity contribution is 0.221. The zero-order valence-corrected chi connectivity index (χ0v) is 15.3. The minimum Gasteiger partial charge on any atom is -0.405 e. The van der Waals surface area contributed by atoms with Gasteiger partial charge < -0.3 is 15.8 Å². The Hall–Kier alpha value is -2.67. The average Bonchev–Trinajstić information content (AvgIpc) is 3.31. The molecule has 4 N–H and O–H groups in total. The summed E-state index contributed by atoms with van der Waals surface area (Å²) in [5.41, 5.74) is 7.76. The highest BCUT2D eigenvalue weighted by Gasteiger charge is 2.23. The van der Waals surface area contributed by atoms with Crippen LogP contribution in [0.1, 0.15) is 22.1 Å². The van der Waals surface area contributed by atoms with Gasteiger partial charge in [0.15, 0.2) is 5.82 Å². The molecule has 2 aromatic heterocycles. The van der Waals surface area contributed by atoms with E-state index in [1.54, 1.807) is 24.3 Å². The highest BCUT2D eigenvalue weighted by molar-refractivity contribution is 7.16. The van der Waals surface area contributed by atoms with Gasteiger partial charge in [-0.1, -0.05) is 48.5 Å². The zero-order valence-electron chi connectivity index (χ0n) is 13.8. The van der Waals surface area contributed by atoms with Crippen LogP contribution in [-0.2, 0) is 0 Å². The van der Waals surface area contributed by atoms with Crippen LogP contribution < -0.4 is 5.73 Å². The van der Waals surface area contributed by atoms with Crippen LogP contribution in [0.3, 0.4) is 0 Å². The molecule has 0 bridgehead atoms. The van der Waals surface area contributed by atoms with Crippen molar-refractivity contribution in [2.45, 2.75) is 6.10 Å². The fraction of sp³-hybridized carbons (Fsp3) is 0.0526. The van der Waals surface area contributed by atoms with Crippen LogP contribution in [0.15, 0.2) is 67.7 Å². The number of aliphatic hydroxyl groups is 1. The van der Waals surface area contributed by atoms with Gasteiger partial charge in [0.05, 0.1) is 4.88 Å². The number of aliphatic hydroxyl groups excluding tert-OH is 1. The summed E-state index contributed by atoms with van der Waals surface area (Å²) in [4.78, 5) is 4.69. The molecule has 3 rings (SSSR count). The van der Waals surface area contributed by atoms with Gasteiger partial charge in [0.1, 0.15) is 12.4 Å². The third kappa shape index (κ3) is 3.62. The minimum absolute atomic E-state index is 0.500. The number of H-pyrrole nitrogens is 1. The molecule has 0 aliphatic heterocycles. The summed E-state index contributed by atoms with van der Waals surface area (Å²) >= 11 is 7.74. The maximum atomic E-state index is 11.0. The van der Waals surface area contributed by atoms with Crippen molar-refractivity contribution < 1.29 is 5.11 Å². The predicted molar refractivity (Wildman–Crippen MR) is 107 cm³/mol. The Balaban J connectivity index is 2.16. The van der Waals surface area contributed by atoms with Gasteiger partial charge in [-0.15, -0.1) is 21.5 Å². The van der Waals surface area contributed by atoms with Gasteiger partial charge in [-0.25, -0.2) is 0 Å². The van der Waals surface area contributed by atoms with Gasteiger partial charge >= 0.3 is 0 Å². The number of rotatable bonds is 6. The summed E-state index contributed by atoms with van der Waals surface area (Å²) in [6.45, 7) is 3.74. The molecule has 0 saturated heterocycles. The quantitative estimate of drug-likeness (QED) is 0.552. The van der Waals surface area contributed by atoms with Crippen LogP contribution in [0.5, 0.6) is 0 Å². The minimum atomic E-state index is -0.902. The molecule has 0 amide bonds. The Morgan fingerprint density at radius 2 is 2.15 bits per heavy atom. The molecule has 132 valence electrons. The largest absolute Gasteiger partial charge is 0.405 e. The van der Waals surface area contributed by atoms with Crippen LogP contribution in [-0.4, -0.2) is 20.3 Å². The SMILES string of the molecule is C=C/C=C(\C=C/N)c1cc(C(O)c2ccccc2Cl)c(-c2nnc[nH]2)s1. The average molecular weight is 385 g/mol. The molecule has 1 atom stereocenters. The molecule has 0 fully saturated rings. The molecule has 7 heteroatoms. The number of benzene rings is 1. The Labute approximate surface area is 160 Å². The Bertz CT molecular complexity index is 960. The van der Waals surface area contributed by atoms with E-state index in [1.807, 2.05) is 24.3 Å². The van der Waals surface area contributed by atoms with Crippen molar-refractivity contribution in [2.75, 3.05) is 0 Å². The van der Waals surface area contributed by atoms with E-state index in [9.17, 15) is 5.11 Å². The Kier molecular flexibility index (Phi) is 5.68. The number of aromatic nitrogens is 3. The maximum Gasteiger partial charge on any atom is 0.171 e. The molecule has 26 heavy (non-hydrogen) atoms. The summed E-state index contributed by atoms with van der Waals surface area (Å²) in [6, 6.07) is 9.13. The van der Waals surface area contributed by atoms with Crippen LogP contribution in [0, 0.1) is 0 Å². The second kappa shape index (κ2) is 8.14. The van der Waals surface area contributed by atoms with E-state index in [1.165, 1.54) is 23.9 Å². The highest BCUT2D eigenvalue weighted by Crippen LogP contribution is 2.41. The number of allylic oxidation sites excluding steroid dienone is 4.